The van der Waals surface area contributed by atoms with Crippen LogP contribution in [-0.2, 0) is 7.05 Å². The highest BCUT2D eigenvalue weighted by Crippen LogP contribution is 2.17. The van der Waals surface area contributed by atoms with Crippen molar-refractivity contribution in [1.82, 2.24) is 9.55 Å². The third-order valence-corrected chi connectivity index (χ3v) is 2.25. The molecule has 15 heavy (non-hydrogen) atoms. The largest absolute Gasteiger partial charge is 0.478 e. The molecule has 0 aliphatic heterocycles. The number of hydrogen-bond donors (Lipinski definition) is 2. The van der Waals surface area contributed by atoms with E-state index in [2.05, 4.69) is 4.98 Å². The van der Waals surface area contributed by atoms with Crippen LogP contribution in [0.15, 0.2) is 16.9 Å². The standard InChI is InChI=1S/C9H7FN2O3/c1-12-5-3-2-4(8(13)14)6(10)7(5)11-9(12)15/h2-3H,1H3,(H,11,15)(H,13,14). The van der Waals surface area contributed by atoms with Crippen LogP contribution in [0.4, 0.5) is 4.39 Å². The van der Waals surface area contributed by atoms with Crippen molar-refractivity contribution in [2.24, 2.45) is 7.05 Å². The number of carboxylic acid groups (broad SMARTS) is 1. The molecule has 0 fully saturated rings. The molecule has 0 radical (unpaired) electrons. The molecule has 0 spiro atoms. The number of hydrogen-bond acceptors (Lipinski definition) is 2. The topological polar surface area (TPSA) is 75.1 Å². The number of rotatable bonds is 1. The molecule has 0 atom stereocenters. The lowest BCUT2D eigenvalue weighted by Gasteiger charge is -1.98. The summed E-state index contributed by atoms with van der Waals surface area (Å²) < 4.78 is 14.8. The minimum Gasteiger partial charge on any atom is -0.478 e. The minimum absolute atomic E-state index is 0.0811. The van der Waals surface area contributed by atoms with Crippen molar-refractivity contribution >= 4 is 17.0 Å². The summed E-state index contributed by atoms with van der Waals surface area (Å²) in [5, 5.41) is 8.66. The Kier molecular flexibility index (Phi) is 1.85. The first-order chi connectivity index (χ1) is 7.02. The number of imidazole rings is 1. The normalized spacial score (nSPS) is 10.8. The van der Waals surface area contributed by atoms with Gasteiger partial charge in [0.1, 0.15) is 5.52 Å². The van der Waals surface area contributed by atoms with Crippen LogP contribution in [-0.4, -0.2) is 20.6 Å². The molecule has 0 saturated carbocycles. The lowest BCUT2D eigenvalue weighted by molar-refractivity contribution is 0.0692. The lowest BCUT2D eigenvalue weighted by Crippen LogP contribution is -2.11. The van der Waals surface area contributed by atoms with Gasteiger partial charge in [-0.15, -0.1) is 0 Å². The molecule has 0 aliphatic carbocycles. The van der Waals surface area contributed by atoms with Gasteiger partial charge in [-0.2, -0.15) is 0 Å². The number of aryl methyl sites for hydroxylation is 1. The number of aromatic nitrogens is 2. The lowest BCUT2D eigenvalue weighted by atomic mass is 10.2. The molecule has 0 amide bonds. The van der Waals surface area contributed by atoms with Gasteiger partial charge in [0.15, 0.2) is 5.82 Å². The number of nitrogens with one attached hydrogen (secondary N) is 1. The van der Waals surface area contributed by atoms with Crippen LogP contribution in [0.3, 0.4) is 0 Å². The number of carbonyl (C=O) groups is 1. The average Bonchev–Trinajstić information content (AvgIpc) is 2.45. The predicted molar refractivity (Wildman–Crippen MR) is 50.5 cm³/mol. The van der Waals surface area contributed by atoms with Crippen LogP contribution >= 0.6 is 0 Å². The highest BCUT2D eigenvalue weighted by molar-refractivity contribution is 5.92. The first-order valence-corrected chi connectivity index (χ1v) is 4.13. The van der Waals surface area contributed by atoms with E-state index in [4.69, 9.17) is 5.11 Å². The number of nitrogens with zero attached hydrogens (tertiary/aromatic N) is 1. The quantitative estimate of drug-likeness (QED) is 0.727. The zero-order valence-corrected chi connectivity index (χ0v) is 7.74. The number of halogens is 1. The van der Waals surface area contributed by atoms with Crippen molar-refractivity contribution in [3.8, 4) is 0 Å². The van der Waals surface area contributed by atoms with Crippen LogP contribution in [0.25, 0.3) is 11.0 Å². The predicted octanol–water partition coefficient (Wildman–Crippen LogP) is 0.704. The second-order valence-electron chi connectivity index (χ2n) is 3.12. The van der Waals surface area contributed by atoms with Gasteiger partial charge in [-0.3, -0.25) is 4.57 Å². The van der Waals surface area contributed by atoms with E-state index in [1.165, 1.54) is 17.7 Å². The van der Waals surface area contributed by atoms with Crippen LogP contribution in [0.5, 0.6) is 0 Å². The van der Waals surface area contributed by atoms with E-state index in [-0.39, 0.29) is 5.52 Å². The van der Waals surface area contributed by atoms with Gasteiger partial charge in [0.2, 0.25) is 0 Å². The molecular weight excluding hydrogens is 203 g/mol. The Labute approximate surface area is 82.8 Å². The molecule has 2 N–H and O–H groups in total. The SMILES string of the molecule is Cn1c(=O)[nH]c2c(F)c(C(=O)O)ccc21. The van der Waals surface area contributed by atoms with Crippen LogP contribution in [0, 0.1) is 5.82 Å². The molecule has 78 valence electrons. The zero-order valence-electron chi connectivity index (χ0n) is 7.74. The molecule has 1 aromatic heterocycles. The molecule has 2 rings (SSSR count). The summed E-state index contributed by atoms with van der Waals surface area (Å²) in [5.74, 6) is -2.28. The summed E-state index contributed by atoms with van der Waals surface area (Å²) in [6, 6.07) is 2.52. The van der Waals surface area contributed by atoms with E-state index in [0.717, 1.165) is 6.07 Å². The Balaban J connectivity index is 2.92. The van der Waals surface area contributed by atoms with Gasteiger partial charge < -0.3 is 10.1 Å². The minimum atomic E-state index is -1.36. The van der Waals surface area contributed by atoms with Crippen molar-refractivity contribution in [2.45, 2.75) is 0 Å². The molecule has 5 nitrogen and oxygen atoms in total. The number of aromatic carboxylic acids is 1. The highest BCUT2D eigenvalue weighted by Gasteiger charge is 2.16. The van der Waals surface area contributed by atoms with Gasteiger partial charge in [-0.1, -0.05) is 0 Å². The zero-order chi connectivity index (χ0) is 11.2. The van der Waals surface area contributed by atoms with Crippen LogP contribution in [0.2, 0.25) is 0 Å². The summed E-state index contributed by atoms with van der Waals surface area (Å²) >= 11 is 0. The Bertz CT molecular complexity index is 612. The van der Waals surface area contributed by atoms with E-state index in [9.17, 15) is 14.0 Å². The van der Waals surface area contributed by atoms with Crippen molar-refractivity contribution in [3.63, 3.8) is 0 Å². The maximum absolute atomic E-state index is 13.5. The number of aromatic amines is 1. The summed E-state index contributed by atoms with van der Waals surface area (Å²) in [5.41, 5.74) is -0.680. The van der Waals surface area contributed by atoms with E-state index >= 15 is 0 Å². The fourth-order valence-electron chi connectivity index (χ4n) is 1.43. The monoisotopic (exact) mass is 210 g/mol. The molecular formula is C9H7FN2O3. The van der Waals surface area contributed by atoms with Crippen LogP contribution in [0.1, 0.15) is 10.4 Å². The molecule has 1 aromatic carbocycles. The highest BCUT2D eigenvalue weighted by atomic mass is 19.1. The molecule has 1 heterocycles. The number of carboxylic acids is 1. The Hall–Kier alpha value is -2.11. The second-order valence-corrected chi connectivity index (χ2v) is 3.12. The summed E-state index contributed by atoms with van der Waals surface area (Å²) in [6.07, 6.45) is 0. The van der Waals surface area contributed by atoms with E-state index in [1.807, 2.05) is 0 Å². The molecule has 0 unspecified atom stereocenters. The smallest absolute Gasteiger partial charge is 0.338 e. The molecule has 2 aromatic rings. The van der Waals surface area contributed by atoms with Gasteiger partial charge in [0.05, 0.1) is 11.1 Å². The Morgan fingerprint density at radius 2 is 2.20 bits per heavy atom. The first kappa shape index (κ1) is 9.45. The van der Waals surface area contributed by atoms with Crippen molar-refractivity contribution in [2.75, 3.05) is 0 Å². The van der Waals surface area contributed by atoms with Crippen molar-refractivity contribution < 1.29 is 14.3 Å². The maximum Gasteiger partial charge on any atom is 0.338 e. The summed E-state index contributed by atoms with van der Waals surface area (Å²) in [6.45, 7) is 0. The van der Waals surface area contributed by atoms with Gasteiger partial charge >= 0.3 is 11.7 Å². The third kappa shape index (κ3) is 1.22. The van der Waals surface area contributed by atoms with Crippen LogP contribution < -0.4 is 5.69 Å². The van der Waals surface area contributed by atoms with E-state index in [1.54, 1.807) is 0 Å². The molecule has 0 aliphatic rings. The Morgan fingerprint density at radius 3 is 2.80 bits per heavy atom. The fraction of sp³-hybridized carbons (Fsp3) is 0.111. The number of fused-ring (bicyclic) bond motifs is 1. The number of H-pyrrole nitrogens is 1. The van der Waals surface area contributed by atoms with Gasteiger partial charge in [-0.05, 0) is 12.1 Å². The average molecular weight is 210 g/mol. The number of benzene rings is 1. The van der Waals surface area contributed by atoms with E-state index in [0.29, 0.717) is 5.52 Å². The van der Waals surface area contributed by atoms with Crippen molar-refractivity contribution in [1.29, 1.82) is 0 Å². The fourth-order valence-corrected chi connectivity index (χ4v) is 1.43. The second kappa shape index (κ2) is 2.94. The summed E-state index contributed by atoms with van der Waals surface area (Å²) in [7, 11) is 1.47. The summed E-state index contributed by atoms with van der Waals surface area (Å²) in [4.78, 5) is 24.0. The van der Waals surface area contributed by atoms with Crippen molar-refractivity contribution in [3.05, 3.63) is 34.0 Å². The first-order valence-electron chi connectivity index (χ1n) is 4.13. The Morgan fingerprint density at radius 1 is 1.53 bits per heavy atom. The van der Waals surface area contributed by atoms with Gasteiger partial charge in [0.25, 0.3) is 0 Å². The molecule has 6 heteroatoms. The van der Waals surface area contributed by atoms with Gasteiger partial charge in [-0.25, -0.2) is 14.0 Å². The molecule has 0 bridgehead atoms. The maximum atomic E-state index is 13.5. The van der Waals surface area contributed by atoms with Gasteiger partial charge in [0, 0.05) is 7.05 Å². The van der Waals surface area contributed by atoms with E-state index < -0.39 is 23.0 Å². The third-order valence-electron chi connectivity index (χ3n) is 2.25. The molecule has 0 saturated heterocycles.